The first-order chi connectivity index (χ1) is 13.6. The lowest BCUT2D eigenvalue weighted by atomic mass is 9.96. The topological polar surface area (TPSA) is 95.2 Å². The summed E-state index contributed by atoms with van der Waals surface area (Å²) in [5.74, 6) is 0.893. The average molecular weight is 399 g/mol. The largest absolute Gasteiger partial charge is 0.397 e. The third-order valence-corrected chi connectivity index (χ3v) is 7.12. The lowest BCUT2D eigenvalue weighted by molar-refractivity contribution is -0.0383. The fourth-order valence-electron chi connectivity index (χ4n) is 4.51. The summed E-state index contributed by atoms with van der Waals surface area (Å²) in [7, 11) is 2.17. The van der Waals surface area contributed by atoms with Crippen LogP contribution in [0.3, 0.4) is 0 Å². The van der Waals surface area contributed by atoms with Gasteiger partial charge in [0.2, 0.25) is 0 Å². The van der Waals surface area contributed by atoms with Crippen molar-refractivity contribution in [1.29, 1.82) is 0 Å². The van der Waals surface area contributed by atoms with Gasteiger partial charge < -0.3 is 21.1 Å². The molecule has 2 fully saturated rings. The molecule has 8 heteroatoms. The zero-order valence-electron chi connectivity index (χ0n) is 16.1. The molecule has 5 rings (SSSR count). The van der Waals surface area contributed by atoms with Gasteiger partial charge in [-0.15, -0.1) is 11.3 Å². The Kier molecular flexibility index (Phi) is 4.49. The summed E-state index contributed by atoms with van der Waals surface area (Å²) in [5, 5.41) is 4.62. The highest BCUT2D eigenvalue weighted by atomic mass is 32.1. The third-order valence-electron chi connectivity index (χ3n) is 5.86. The Hall–Kier alpha value is -2.16. The Morgan fingerprint density at radius 1 is 1.25 bits per heavy atom. The summed E-state index contributed by atoms with van der Waals surface area (Å²) >= 11 is 1.71. The van der Waals surface area contributed by atoms with Crippen LogP contribution < -0.4 is 11.5 Å². The Morgan fingerprint density at radius 2 is 2.14 bits per heavy atom. The molecule has 148 valence electrons. The fourth-order valence-corrected chi connectivity index (χ4v) is 5.78. The van der Waals surface area contributed by atoms with E-state index in [-0.39, 0.29) is 6.23 Å². The van der Waals surface area contributed by atoms with E-state index in [4.69, 9.17) is 21.2 Å². The van der Waals surface area contributed by atoms with E-state index in [2.05, 4.69) is 23.1 Å². The van der Waals surface area contributed by atoms with Crippen molar-refractivity contribution in [2.75, 3.05) is 38.2 Å². The summed E-state index contributed by atoms with van der Waals surface area (Å²) < 4.78 is 9.09. The van der Waals surface area contributed by atoms with Crippen molar-refractivity contribution in [3.63, 3.8) is 0 Å². The van der Waals surface area contributed by atoms with E-state index in [0.29, 0.717) is 17.4 Å². The molecular formula is C20H26N6OS. The minimum Gasteiger partial charge on any atom is -0.397 e. The number of aromatic nitrogens is 3. The van der Waals surface area contributed by atoms with Gasteiger partial charge in [0.15, 0.2) is 6.23 Å². The smallest absolute Gasteiger partial charge is 0.150 e. The molecule has 0 aliphatic carbocycles. The first kappa shape index (κ1) is 17.9. The van der Waals surface area contributed by atoms with Crippen molar-refractivity contribution in [3.8, 4) is 10.6 Å². The molecule has 7 nitrogen and oxygen atoms in total. The van der Waals surface area contributed by atoms with Gasteiger partial charge in [0, 0.05) is 36.9 Å². The van der Waals surface area contributed by atoms with Gasteiger partial charge in [-0.2, -0.15) is 5.10 Å². The number of likely N-dealkylation sites (tertiary alicyclic amines) is 1. The Balaban J connectivity index is 1.69. The van der Waals surface area contributed by atoms with Crippen LogP contribution in [-0.4, -0.2) is 46.4 Å². The molecule has 3 aromatic heterocycles. The van der Waals surface area contributed by atoms with Crippen molar-refractivity contribution >= 4 is 33.1 Å². The van der Waals surface area contributed by atoms with E-state index in [1.54, 1.807) is 17.4 Å². The Morgan fingerprint density at radius 3 is 2.89 bits per heavy atom. The maximum absolute atomic E-state index is 6.33. The quantitative estimate of drug-likeness (QED) is 0.702. The number of likely N-dealkylation sites (N-methyl/N-ethyl adjacent to an activating group) is 1. The van der Waals surface area contributed by atoms with Crippen LogP contribution >= 0.6 is 11.3 Å². The van der Waals surface area contributed by atoms with Crippen LogP contribution in [0.4, 0.5) is 11.5 Å². The molecule has 2 aliphatic rings. The highest BCUT2D eigenvalue weighted by molar-refractivity contribution is 7.23. The standard InChI is InChI=1S/C20H26N6OS/c1-25-8-6-12(11-25)17-18-19(13(21)10-15(22)24-18)28-20(17)14-5-7-23-26(14)16-4-2-3-9-27-16/h5,7,10,12,16H,2-4,6,8-9,11H2,1H3,(H4,21,22,24)/t12-,16?/m1/s1. The number of nitrogen functional groups attached to an aromatic ring is 2. The number of rotatable bonds is 3. The number of hydrogen-bond acceptors (Lipinski definition) is 7. The van der Waals surface area contributed by atoms with Gasteiger partial charge in [-0.05, 0) is 45.3 Å². The number of fused-ring (bicyclic) bond motifs is 1. The highest BCUT2D eigenvalue weighted by Crippen LogP contribution is 2.47. The van der Waals surface area contributed by atoms with Crippen LogP contribution in [-0.2, 0) is 4.74 Å². The molecule has 0 radical (unpaired) electrons. The molecule has 5 heterocycles. The maximum atomic E-state index is 6.33. The number of pyridine rings is 1. The summed E-state index contributed by atoms with van der Waals surface area (Å²) in [6.45, 7) is 2.90. The second kappa shape index (κ2) is 7.02. The molecule has 0 amide bonds. The molecule has 0 bridgehead atoms. The predicted octanol–water partition coefficient (Wildman–Crippen LogP) is 3.44. The van der Waals surface area contributed by atoms with Gasteiger partial charge >= 0.3 is 0 Å². The van der Waals surface area contributed by atoms with Crippen molar-refractivity contribution in [1.82, 2.24) is 19.7 Å². The summed E-state index contributed by atoms with van der Waals surface area (Å²) in [5.41, 5.74) is 16.4. The molecule has 2 saturated heterocycles. The van der Waals surface area contributed by atoms with Crippen LogP contribution in [0.1, 0.15) is 43.4 Å². The zero-order chi connectivity index (χ0) is 19.3. The van der Waals surface area contributed by atoms with E-state index >= 15 is 0 Å². The second-order valence-electron chi connectivity index (χ2n) is 7.89. The van der Waals surface area contributed by atoms with Crippen LogP contribution in [0.5, 0.6) is 0 Å². The van der Waals surface area contributed by atoms with Gasteiger partial charge in [0.25, 0.3) is 0 Å². The molecule has 0 spiro atoms. The zero-order valence-corrected chi connectivity index (χ0v) is 16.9. The molecule has 2 aliphatic heterocycles. The fraction of sp³-hybridized carbons (Fsp3) is 0.500. The Bertz CT molecular complexity index is 1010. The van der Waals surface area contributed by atoms with E-state index < -0.39 is 0 Å². The van der Waals surface area contributed by atoms with E-state index in [9.17, 15) is 0 Å². The van der Waals surface area contributed by atoms with Crippen molar-refractivity contribution in [2.24, 2.45) is 0 Å². The second-order valence-corrected chi connectivity index (χ2v) is 8.91. The summed E-state index contributed by atoms with van der Waals surface area (Å²) in [4.78, 5) is 8.28. The number of hydrogen-bond donors (Lipinski definition) is 2. The average Bonchev–Trinajstić information content (AvgIpc) is 3.39. The van der Waals surface area contributed by atoms with Crippen molar-refractivity contribution < 1.29 is 4.74 Å². The molecule has 2 atom stereocenters. The molecule has 3 aromatic rings. The van der Waals surface area contributed by atoms with Crippen LogP contribution in [0.25, 0.3) is 20.8 Å². The highest BCUT2D eigenvalue weighted by Gasteiger charge is 2.31. The first-order valence-electron chi connectivity index (χ1n) is 9.94. The molecule has 0 aromatic carbocycles. The van der Waals surface area contributed by atoms with Crippen LogP contribution in [0.2, 0.25) is 0 Å². The van der Waals surface area contributed by atoms with E-state index in [1.807, 2.05) is 10.9 Å². The Labute approximate surface area is 168 Å². The monoisotopic (exact) mass is 398 g/mol. The lowest BCUT2D eigenvalue weighted by Gasteiger charge is -2.24. The molecule has 0 saturated carbocycles. The number of ether oxygens (including phenoxy) is 1. The normalized spacial score (nSPS) is 23.6. The third kappa shape index (κ3) is 2.96. The number of nitrogens with zero attached hydrogens (tertiary/aromatic N) is 4. The van der Waals surface area contributed by atoms with Gasteiger partial charge in [0.05, 0.1) is 26.5 Å². The number of nitrogens with two attached hydrogens (primary N) is 2. The predicted molar refractivity (Wildman–Crippen MR) is 113 cm³/mol. The van der Waals surface area contributed by atoms with Gasteiger partial charge in [0.1, 0.15) is 5.82 Å². The molecule has 4 N–H and O–H groups in total. The number of anilines is 2. The maximum Gasteiger partial charge on any atom is 0.150 e. The molecule has 1 unspecified atom stereocenters. The van der Waals surface area contributed by atoms with Crippen LogP contribution in [0, 0.1) is 0 Å². The van der Waals surface area contributed by atoms with Crippen LogP contribution in [0.15, 0.2) is 18.3 Å². The lowest BCUT2D eigenvalue weighted by Crippen LogP contribution is -2.20. The first-order valence-corrected chi connectivity index (χ1v) is 10.8. The summed E-state index contributed by atoms with van der Waals surface area (Å²) in [6, 6.07) is 3.85. The van der Waals surface area contributed by atoms with E-state index in [1.165, 1.54) is 16.9 Å². The number of thiophene rings is 1. The van der Waals surface area contributed by atoms with Gasteiger partial charge in [-0.25, -0.2) is 9.67 Å². The van der Waals surface area contributed by atoms with Crippen molar-refractivity contribution in [3.05, 3.63) is 23.9 Å². The van der Waals surface area contributed by atoms with E-state index in [0.717, 1.165) is 54.9 Å². The van der Waals surface area contributed by atoms with Crippen molar-refractivity contribution in [2.45, 2.75) is 37.8 Å². The van der Waals surface area contributed by atoms with Gasteiger partial charge in [-0.1, -0.05) is 0 Å². The summed E-state index contributed by atoms with van der Waals surface area (Å²) in [6.07, 6.45) is 6.26. The minimum atomic E-state index is -0.00144. The van der Waals surface area contributed by atoms with Gasteiger partial charge in [-0.3, -0.25) is 0 Å². The molecule has 28 heavy (non-hydrogen) atoms. The molecular weight excluding hydrogens is 372 g/mol. The SMILES string of the molecule is CN1CC[C@@H](c2c(-c3ccnn3C3CCCCO3)sc3c(N)cc(N)nc23)C1. The minimum absolute atomic E-state index is 0.00144.